The zero-order valence-corrected chi connectivity index (χ0v) is 21.7. The van der Waals surface area contributed by atoms with Gasteiger partial charge in [0.1, 0.15) is 6.04 Å². The highest BCUT2D eigenvalue weighted by Crippen LogP contribution is 2.46. The Morgan fingerprint density at radius 2 is 1.76 bits per heavy atom. The third-order valence-corrected chi connectivity index (χ3v) is 7.80. The van der Waals surface area contributed by atoms with Crippen molar-refractivity contribution in [1.29, 1.82) is 0 Å². The minimum absolute atomic E-state index is 0.0299. The van der Waals surface area contributed by atoms with E-state index in [-0.39, 0.29) is 29.6 Å². The molecule has 7 nitrogen and oxygen atoms in total. The summed E-state index contributed by atoms with van der Waals surface area (Å²) in [6.45, 7) is 11.1. The molecule has 1 aromatic rings. The van der Waals surface area contributed by atoms with E-state index in [2.05, 4.69) is 5.32 Å². The number of amides is 3. The summed E-state index contributed by atoms with van der Waals surface area (Å²) in [6, 6.07) is 6.56. The number of likely N-dealkylation sites (tertiary alicyclic amines) is 2. The van der Waals surface area contributed by atoms with Crippen molar-refractivity contribution in [3.8, 4) is 0 Å². The molecule has 2 heterocycles. The van der Waals surface area contributed by atoms with Gasteiger partial charge >= 0.3 is 0 Å². The highest BCUT2D eigenvalue weighted by molar-refractivity contribution is 6.30. The number of piperidine rings is 2. The van der Waals surface area contributed by atoms with Crippen molar-refractivity contribution in [2.45, 2.75) is 65.5 Å². The molecule has 34 heavy (non-hydrogen) atoms. The van der Waals surface area contributed by atoms with Crippen LogP contribution in [0.15, 0.2) is 24.3 Å². The fourth-order valence-corrected chi connectivity index (χ4v) is 5.36. The van der Waals surface area contributed by atoms with Crippen molar-refractivity contribution >= 4 is 29.3 Å². The summed E-state index contributed by atoms with van der Waals surface area (Å²) in [5.41, 5.74) is -0.913. The van der Waals surface area contributed by atoms with Crippen LogP contribution in [0.2, 0.25) is 5.02 Å². The number of nitrogens with one attached hydrogen (secondary N) is 1. The van der Waals surface area contributed by atoms with Crippen molar-refractivity contribution in [2.75, 3.05) is 26.2 Å². The average Bonchev–Trinajstić information content (AvgIpc) is 2.78. The SMILES string of the molecule is CC(=O)N1CCC[C@@H](C(=O)N[C@@H](C(=O)N2CC[C@](O)(c3ccc(Cl)cc3)C(C)(C)C2)C(C)C)C1. The van der Waals surface area contributed by atoms with Crippen LogP contribution in [0, 0.1) is 17.3 Å². The topological polar surface area (TPSA) is 90.0 Å². The van der Waals surface area contributed by atoms with Gasteiger partial charge in [0.2, 0.25) is 17.7 Å². The third-order valence-electron chi connectivity index (χ3n) is 7.55. The van der Waals surface area contributed by atoms with Gasteiger partial charge in [0.05, 0.1) is 11.5 Å². The summed E-state index contributed by atoms with van der Waals surface area (Å²) in [4.78, 5) is 41.8. The molecule has 0 aliphatic carbocycles. The summed E-state index contributed by atoms with van der Waals surface area (Å²) in [6.07, 6.45) is 1.88. The second-order valence-electron chi connectivity index (χ2n) is 10.8. The Labute approximate surface area is 207 Å². The number of halogens is 1. The molecular formula is C26H38ClN3O4. The quantitative estimate of drug-likeness (QED) is 0.662. The predicted molar refractivity (Wildman–Crippen MR) is 132 cm³/mol. The first-order valence-corrected chi connectivity index (χ1v) is 12.6. The molecule has 3 atom stereocenters. The molecule has 3 rings (SSSR count). The van der Waals surface area contributed by atoms with E-state index in [4.69, 9.17) is 11.6 Å². The van der Waals surface area contributed by atoms with E-state index in [1.54, 1.807) is 21.9 Å². The molecule has 0 unspecified atom stereocenters. The van der Waals surface area contributed by atoms with Crippen LogP contribution in [-0.4, -0.2) is 64.8 Å². The predicted octanol–water partition coefficient (Wildman–Crippen LogP) is 3.19. The van der Waals surface area contributed by atoms with Crippen molar-refractivity contribution < 1.29 is 19.5 Å². The molecule has 1 aromatic carbocycles. The largest absolute Gasteiger partial charge is 0.384 e. The van der Waals surface area contributed by atoms with Crippen LogP contribution in [0.4, 0.5) is 0 Å². The number of hydrogen-bond donors (Lipinski definition) is 2. The van der Waals surface area contributed by atoms with Gasteiger partial charge in [-0.3, -0.25) is 14.4 Å². The molecule has 2 aliphatic heterocycles. The zero-order valence-electron chi connectivity index (χ0n) is 20.9. The van der Waals surface area contributed by atoms with Crippen molar-refractivity contribution in [1.82, 2.24) is 15.1 Å². The van der Waals surface area contributed by atoms with E-state index >= 15 is 0 Å². The molecule has 3 amide bonds. The Morgan fingerprint density at radius 3 is 2.32 bits per heavy atom. The molecule has 188 valence electrons. The van der Waals surface area contributed by atoms with Crippen molar-refractivity contribution in [3.05, 3.63) is 34.9 Å². The van der Waals surface area contributed by atoms with Gasteiger partial charge in [0.15, 0.2) is 0 Å². The van der Waals surface area contributed by atoms with Gasteiger partial charge < -0.3 is 20.2 Å². The van der Waals surface area contributed by atoms with E-state index in [0.717, 1.165) is 12.0 Å². The van der Waals surface area contributed by atoms with E-state index < -0.39 is 17.1 Å². The molecular weight excluding hydrogens is 454 g/mol. The van der Waals surface area contributed by atoms with Gasteiger partial charge in [-0.25, -0.2) is 0 Å². The number of rotatable bonds is 5. The van der Waals surface area contributed by atoms with Gasteiger partial charge in [0.25, 0.3) is 0 Å². The summed E-state index contributed by atoms with van der Waals surface area (Å²) in [7, 11) is 0. The van der Waals surface area contributed by atoms with Gasteiger partial charge in [-0.15, -0.1) is 0 Å². The Kier molecular flexibility index (Phi) is 7.98. The summed E-state index contributed by atoms with van der Waals surface area (Å²) < 4.78 is 0. The van der Waals surface area contributed by atoms with Crippen LogP contribution in [0.5, 0.6) is 0 Å². The first-order chi connectivity index (χ1) is 15.9. The van der Waals surface area contributed by atoms with Crippen LogP contribution >= 0.6 is 11.6 Å². The fraction of sp³-hybridized carbons (Fsp3) is 0.654. The smallest absolute Gasteiger partial charge is 0.245 e. The lowest BCUT2D eigenvalue weighted by Crippen LogP contribution is -2.61. The van der Waals surface area contributed by atoms with E-state index in [1.807, 2.05) is 39.8 Å². The van der Waals surface area contributed by atoms with Gasteiger partial charge in [-0.2, -0.15) is 0 Å². The lowest BCUT2D eigenvalue weighted by atomic mass is 9.66. The molecule has 0 spiro atoms. The maximum absolute atomic E-state index is 13.6. The van der Waals surface area contributed by atoms with E-state index in [0.29, 0.717) is 44.0 Å². The lowest BCUT2D eigenvalue weighted by Gasteiger charge is -2.51. The van der Waals surface area contributed by atoms with Crippen molar-refractivity contribution in [2.24, 2.45) is 17.3 Å². The molecule has 2 N–H and O–H groups in total. The normalized spacial score (nSPS) is 25.7. The first kappa shape index (κ1) is 26.5. The average molecular weight is 492 g/mol. The molecule has 0 radical (unpaired) electrons. The van der Waals surface area contributed by atoms with Crippen molar-refractivity contribution in [3.63, 3.8) is 0 Å². The molecule has 0 bridgehead atoms. The highest BCUT2D eigenvalue weighted by Gasteiger charge is 2.50. The summed E-state index contributed by atoms with van der Waals surface area (Å²) >= 11 is 6.03. The minimum atomic E-state index is -1.09. The number of aliphatic hydroxyl groups is 1. The monoisotopic (exact) mass is 491 g/mol. The second kappa shape index (κ2) is 10.2. The molecule has 8 heteroatoms. The number of carbonyl (C=O) groups excluding carboxylic acids is 3. The molecule has 2 saturated heterocycles. The lowest BCUT2D eigenvalue weighted by molar-refractivity contribution is -0.157. The summed E-state index contributed by atoms with van der Waals surface area (Å²) in [5.74, 6) is -0.734. The number of carbonyl (C=O) groups is 3. The fourth-order valence-electron chi connectivity index (χ4n) is 5.23. The molecule has 0 saturated carbocycles. The summed E-state index contributed by atoms with van der Waals surface area (Å²) in [5, 5.41) is 15.2. The van der Waals surface area contributed by atoms with E-state index in [9.17, 15) is 19.5 Å². The van der Waals surface area contributed by atoms with Crippen LogP contribution < -0.4 is 5.32 Å². The Bertz CT molecular complexity index is 917. The molecule has 0 aromatic heterocycles. The van der Waals surface area contributed by atoms with Gasteiger partial charge in [0, 0.05) is 43.5 Å². The Balaban J connectivity index is 1.71. The number of nitrogens with zero attached hydrogens (tertiary/aromatic N) is 2. The second-order valence-corrected chi connectivity index (χ2v) is 11.2. The van der Waals surface area contributed by atoms with Crippen LogP contribution in [-0.2, 0) is 20.0 Å². The Morgan fingerprint density at radius 1 is 1.12 bits per heavy atom. The first-order valence-electron chi connectivity index (χ1n) is 12.2. The highest BCUT2D eigenvalue weighted by atomic mass is 35.5. The van der Waals surface area contributed by atoms with Gasteiger partial charge in [-0.1, -0.05) is 51.4 Å². The molecule has 2 fully saturated rings. The standard InChI is InChI=1S/C26H38ClN3O4/c1-17(2)22(28-23(32)19-7-6-13-29(15-19)18(3)31)24(33)30-14-12-26(34,25(4,5)16-30)20-8-10-21(27)11-9-20/h8-11,17,19,22,34H,6-7,12-16H2,1-5H3,(H,28,32)/t19-,22-,26+/m1/s1. The van der Waals surface area contributed by atoms with E-state index in [1.165, 1.54) is 6.92 Å². The van der Waals surface area contributed by atoms with Crippen LogP contribution in [0.3, 0.4) is 0 Å². The number of hydrogen-bond acceptors (Lipinski definition) is 4. The van der Waals surface area contributed by atoms with Gasteiger partial charge in [-0.05, 0) is 42.9 Å². The maximum Gasteiger partial charge on any atom is 0.245 e. The van der Waals surface area contributed by atoms with Crippen LogP contribution in [0.25, 0.3) is 0 Å². The Hall–Kier alpha value is -2.12. The van der Waals surface area contributed by atoms with Crippen LogP contribution in [0.1, 0.15) is 59.4 Å². The third kappa shape index (κ3) is 5.41. The maximum atomic E-state index is 13.6. The minimum Gasteiger partial charge on any atom is -0.384 e. The zero-order chi connectivity index (χ0) is 25.3. The molecule has 2 aliphatic rings. The number of benzene rings is 1.